The van der Waals surface area contributed by atoms with Crippen LogP contribution >= 0.6 is 35.2 Å². The Balaban J connectivity index is 2.30. The lowest BCUT2D eigenvalue weighted by molar-refractivity contribution is 0.603. The lowest BCUT2D eigenvalue weighted by Gasteiger charge is -2.07. The summed E-state index contributed by atoms with van der Waals surface area (Å²) >= 11 is 11.8. The molecule has 2 rings (SSSR count). The van der Waals surface area contributed by atoms with Gasteiger partial charge in [-0.3, -0.25) is 4.72 Å². The van der Waals surface area contributed by atoms with Gasteiger partial charge in [0.1, 0.15) is 9.20 Å². The summed E-state index contributed by atoms with van der Waals surface area (Å²) in [6.07, 6.45) is 0. The molecular weight excluding hydrogens is 336 g/mol. The van der Waals surface area contributed by atoms with Crippen molar-refractivity contribution < 1.29 is 8.42 Å². The number of benzene rings is 1. The van der Waals surface area contributed by atoms with Gasteiger partial charge in [-0.2, -0.15) is 0 Å². The van der Waals surface area contributed by atoms with Gasteiger partial charge in [-0.15, -0.1) is 11.3 Å². The molecule has 0 spiro atoms. The quantitative estimate of drug-likeness (QED) is 0.834. The van der Waals surface area contributed by atoms with E-state index in [0.29, 0.717) is 15.6 Å². The summed E-state index contributed by atoms with van der Waals surface area (Å²) in [6.45, 7) is 1.84. The van der Waals surface area contributed by atoms with Crippen LogP contribution in [0.1, 0.15) is 10.4 Å². The van der Waals surface area contributed by atoms with Crippen LogP contribution in [0, 0.1) is 6.92 Å². The fourth-order valence-electron chi connectivity index (χ4n) is 1.46. The number of hydrogen-bond donors (Lipinski definition) is 2. The van der Waals surface area contributed by atoms with E-state index in [-0.39, 0.29) is 9.20 Å². The predicted octanol–water partition coefficient (Wildman–Crippen LogP) is 3.14. The number of anilines is 1. The van der Waals surface area contributed by atoms with E-state index in [1.165, 1.54) is 6.07 Å². The third-order valence-electron chi connectivity index (χ3n) is 2.51. The Kier molecular flexibility index (Phi) is 4.33. The Morgan fingerprint density at radius 3 is 2.60 bits per heavy atom. The summed E-state index contributed by atoms with van der Waals surface area (Å²) in [7, 11) is -3.66. The Morgan fingerprint density at radius 1 is 1.35 bits per heavy atom. The van der Waals surface area contributed by atoms with Crippen LogP contribution in [0.5, 0.6) is 0 Å². The smallest absolute Gasteiger partial charge is 0.271 e. The minimum atomic E-state index is -3.66. The number of hydrogen-bond acceptors (Lipinski definition) is 4. The molecule has 0 amide bonds. The van der Waals surface area contributed by atoms with Gasteiger partial charge in [-0.25, -0.2) is 8.42 Å². The average Bonchev–Trinajstić information content (AvgIpc) is 2.84. The first-order valence-electron chi connectivity index (χ1n) is 5.48. The largest absolute Gasteiger partial charge is 0.389 e. The van der Waals surface area contributed by atoms with E-state index in [0.717, 1.165) is 16.9 Å². The number of thiophene rings is 1. The number of nitrogens with two attached hydrogens (primary N) is 1. The lowest BCUT2D eigenvalue weighted by Crippen LogP contribution is -2.11. The van der Waals surface area contributed by atoms with Gasteiger partial charge in [0.05, 0.1) is 10.6 Å². The van der Waals surface area contributed by atoms with Crippen molar-refractivity contribution in [3.8, 4) is 0 Å². The third kappa shape index (κ3) is 3.29. The maximum atomic E-state index is 12.2. The molecule has 4 nitrogen and oxygen atoms in total. The number of rotatable bonds is 4. The summed E-state index contributed by atoms with van der Waals surface area (Å²) in [5.41, 5.74) is 6.75. The van der Waals surface area contributed by atoms with Gasteiger partial charge >= 0.3 is 0 Å². The highest BCUT2D eigenvalue weighted by Crippen LogP contribution is 2.26. The molecule has 1 heterocycles. The Bertz CT molecular complexity index is 769. The van der Waals surface area contributed by atoms with Gasteiger partial charge in [0, 0.05) is 5.02 Å². The van der Waals surface area contributed by atoms with Crippen molar-refractivity contribution in [2.45, 2.75) is 11.1 Å². The average molecular weight is 347 g/mol. The standard InChI is InChI=1S/C12H11ClN2O2S3/c1-7-2-3-8(6-9(7)13)15-20(16,17)11-5-4-10(19-11)12(14)18/h2-6,15H,1H3,(H2,14,18). The normalized spacial score (nSPS) is 11.3. The maximum absolute atomic E-state index is 12.2. The lowest BCUT2D eigenvalue weighted by atomic mass is 10.2. The molecule has 0 aliphatic carbocycles. The molecule has 0 radical (unpaired) electrons. The van der Waals surface area contributed by atoms with Crippen LogP contribution in [0.2, 0.25) is 5.02 Å². The molecule has 2 aromatic rings. The van der Waals surface area contributed by atoms with Crippen molar-refractivity contribution in [1.29, 1.82) is 0 Å². The molecule has 0 bridgehead atoms. The van der Waals surface area contributed by atoms with Gasteiger partial charge in [0.25, 0.3) is 10.0 Å². The van der Waals surface area contributed by atoms with E-state index in [2.05, 4.69) is 4.72 Å². The SMILES string of the molecule is Cc1ccc(NS(=O)(=O)c2ccc(C(N)=S)s2)cc1Cl. The second kappa shape index (κ2) is 5.69. The summed E-state index contributed by atoms with van der Waals surface area (Å²) in [6, 6.07) is 8.02. The number of sulfonamides is 1. The first-order valence-corrected chi connectivity index (χ1v) is 8.57. The number of aryl methyl sites for hydroxylation is 1. The predicted molar refractivity (Wildman–Crippen MR) is 87.2 cm³/mol. The molecule has 0 atom stereocenters. The molecule has 0 fully saturated rings. The van der Waals surface area contributed by atoms with Gasteiger partial charge in [0.15, 0.2) is 0 Å². The molecule has 3 N–H and O–H groups in total. The molecular formula is C12H11ClN2O2S3. The molecule has 20 heavy (non-hydrogen) atoms. The van der Waals surface area contributed by atoms with E-state index in [1.807, 2.05) is 6.92 Å². The van der Waals surface area contributed by atoms with Crippen LogP contribution in [0.3, 0.4) is 0 Å². The van der Waals surface area contributed by atoms with Crippen molar-refractivity contribution in [1.82, 2.24) is 0 Å². The van der Waals surface area contributed by atoms with E-state index < -0.39 is 10.0 Å². The maximum Gasteiger partial charge on any atom is 0.271 e. The van der Waals surface area contributed by atoms with E-state index in [1.54, 1.807) is 24.3 Å². The van der Waals surface area contributed by atoms with E-state index >= 15 is 0 Å². The number of thiocarbonyl (C=S) groups is 1. The minimum absolute atomic E-state index is 0.150. The van der Waals surface area contributed by atoms with Crippen LogP contribution < -0.4 is 10.5 Å². The van der Waals surface area contributed by atoms with Crippen LogP contribution in [0.15, 0.2) is 34.5 Å². The van der Waals surface area contributed by atoms with Crippen LogP contribution in [0.4, 0.5) is 5.69 Å². The summed E-state index contributed by atoms with van der Waals surface area (Å²) in [4.78, 5) is 0.733. The van der Waals surface area contributed by atoms with Gasteiger partial charge in [-0.05, 0) is 36.8 Å². The van der Waals surface area contributed by atoms with Crippen molar-refractivity contribution >= 4 is 55.9 Å². The van der Waals surface area contributed by atoms with E-state index in [4.69, 9.17) is 29.6 Å². The monoisotopic (exact) mass is 346 g/mol. The van der Waals surface area contributed by atoms with Crippen molar-refractivity contribution in [2.75, 3.05) is 4.72 Å². The minimum Gasteiger partial charge on any atom is -0.389 e. The second-order valence-corrected chi connectivity index (χ2v) is 7.89. The summed E-state index contributed by atoms with van der Waals surface area (Å²) < 4.78 is 27.0. The molecule has 0 unspecified atom stereocenters. The summed E-state index contributed by atoms with van der Waals surface area (Å²) in [5, 5.41) is 0.500. The number of nitrogens with one attached hydrogen (secondary N) is 1. The highest BCUT2D eigenvalue weighted by molar-refractivity contribution is 7.94. The van der Waals surface area contributed by atoms with Gasteiger partial charge in [0.2, 0.25) is 0 Å². The Morgan fingerprint density at radius 2 is 2.05 bits per heavy atom. The van der Waals surface area contributed by atoms with Crippen LogP contribution in [0.25, 0.3) is 0 Å². The van der Waals surface area contributed by atoms with Gasteiger partial charge < -0.3 is 5.73 Å². The topological polar surface area (TPSA) is 72.2 Å². The fourth-order valence-corrected chi connectivity index (χ4v) is 4.04. The molecule has 0 saturated heterocycles. The van der Waals surface area contributed by atoms with Crippen molar-refractivity contribution in [3.05, 3.63) is 45.8 Å². The highest BCUT2D eigenvalue weighted by Gasteiger charge is 2.18. The fraction of sp³-hybridized carbons (Fsp3) is 0.0833. The molecule has 0 aliphatic heterocycles. The van der Waals surface area contributed by atoms with Crippen molar-refractivity contribution in [2.24, 2.45) is 5.73 Å². The Labute approximate surface area is 131 Å². The summed E-state index contributed by atoms with van der Waals surface area (Å²) in [5.74, 6) is 0. The number of halogens is 1. The molecule has 1 aromatic carbocycles. The zero-order chi connectivity index (χ0) is 14.9. The molecule has 1 aromatic heterocycles. The highest BCUT2D eigenvalue weighted by atomic mass is 35.5. The molecule has 8 heteroatoms. The molecule has 0 aliphatic rings. The van der Waals surface area contributed by atoms with E-state index in [9.17, 15) is 8.42 Å². The first kappa shape index (κ1) is 15.2. The molecule has 106 valence electrons. The Hall–Kier alpha value is -1.15. The van der Waals surface area contributed by atoms with Gasteiger partial charge in [-0.1, -0.05) is 29.9 Å². The zero-order valence-corrected chi connectivity index (χ0v) is 13.6. The molecule has 0 saturated carbocycles. The van der Waals surface area contributed by atoms with Crippen LogP contribution in [-0.4, -0.2) is 13.4 Å². The zero-order valence-electron chi connectivity index (χ0n) is 10.4. The van der Waals surface area contributed by atoms with Crippen molar-refractivity contribution in [3.63, 3.8) is 0 Å². The first-order chi connectivity index (χ1) is 9.29. The second-order valence-electron chi connectivity index (χ2n) is 4.05. The third-order valence-corrected chi connectivity index (χ3v) is 6.26. The van der Waals surface area contributed by atoms with Crippen LogP contribution in [-0.2, 0) is 10.0 Å².